The molecule has 1 aliphatic heterocycles. The third-order valence-electron chi connectivity index (χ3n) is 5.70. The van der Waals surface area contributed by atoms with E-state index in [1.807, 2.05) is 12.4 Å². The van der Waals surface area contributed by atoms with Gasteiger partial charge in [-0.2, -0.15) is 0 Å². The largest absolute Gasteiger partial charge is 0.348 e. The lowest BCUT2D eigenvalue weighted by molar-refractivity contribution is 0.0950. The van der Waals surface area contributed by atoms with Gasteiger partial charge < -0.3 is 9.88 Å². The number of carbonyl (C=O) groups excluding carboxylic acids is 1. The summed E-state index contributed by atoms with van der Waals surface area (Å²) in [7, 11) is 0. The van der Waals surface area contributed by atoms with Crippen LogP contribution in [0.5, 0.6) is 0 Å². The van der Waals surface area contributed by atoms with Gasteiger partial charge in [-0.25, -0.2) is 9.97 Å². The molecule has 28 heavy (non-hydrogen) atoms. The maximum absolute atomic E-state index is 12.5. The van der Waals surface area contributed by atoms with Crippen LogP contribution in [-0.2, 0) is 13.1 Å². The minimum absolute atomic E-state index is 0.114. The Morgan fingerprint density at radius 1 is 1.07 bits per heavy atom. The van der Waals surface area contributed by atoms with Crippen molar-refractivity contribution in [1.29, 1.82) is 0 Å². The maximum atomic E-state index is 12.5. The number of rotatable bonds is 6. The molecule has 3 aromatic rings. The normalized spacial score (nSPS) is 17.3. The number of carbonyl (C=O) groups is 1. The molecule has 1 amide bonds. The molecule has 3 heterocycles. The summed E-state index contributed by atoms with van der Waals surface area (Å²) in [6.45, 7) is 3.94. The number of amides is 1. The molecule has 1 aromatic carbocycles. The van der Waals surface area contributed by atoms with Crippen molar-refractivity contribution in [2.45, 2.75) is 44.8 Å². The van der Waals surface area contributed by atoms with E-state index in [2.05, 4.69) is 49.0 Å². The zero-order chi connectivity index (χ0) is 18.9. The highest BCUT2D eigenvalue weighted by atomic mass is 16.1. The Labute approximate surface area is 164 Å². The third-order valence-corrected chi connectivity index (χ3v) is 5.70. The number of fused-ring (bicyclic) bond motifs is 1. The first-order chi connectivity index (χ1) is 13.8. The highest BCUT2D eigenvalue weighted by Crippen LogP contribution is 2.36. The Hall–Kier alpha value is -2.73. The molecule has 0 spiro atoms. The molecule has 6 heteroatoms. The lowest BCUT2D eigenvalue weighted by Gasteiger charge is -2.14. The molecular formula is C22H25N5O. The summed E-state index contributed by atoms with van der Waals surface area (Å²) in [5.74, 6) is -0.114. The number of likely N-dealkylation sites (tertiary alicyclic amines) is 1. The van der Waals surface area contributed by atoms with E-state index >= 15 is 0 Å². The number of aromatic nitrogens is 3. The number of nitrogens with one attached hydrogen (secondary N) is 1. The van der Waals surface area contributed by atoms with Gasteiger partial charge in [0.1, 0.15) is 5.52 Å². The fraction of sp³-hybridized carbons (Fsp3) is 0.409. The van der Waals surface area contributed by atoms with Crippen molar-refractivity contribution in [3.63, 3.8) is 0 Å². The molecular weight excluding hydrogens is 350 g/mol. The van der Waals surface area contributed by atoms with Crippen molar-refractivity contribution < 1.29 is 4.79 Å². The minimum Gasteiger partial charge on any atom is -0.348 e. The van der Waals surface area contributed by atoms with Crippen LogP contribution in [0.4, 0.5) is 0 Å². The lowest BCUT2D eigenvalue weighted by Crippen LogP contribution is -2.23. The summed E-state index contributed by atoms with van der Waals surface area (Å²) in [5.41, 5.74) is 4.64. The van der Waals surface area contributed by atoms with Crippen LogP contribution in [0.1, 0.15) is 53.2 Å². The van der Waals surface area contributed by atoms with Crippen molar-refractivity contribution in [3.8, 4) is 0 Å². The van der Waals surface area contributed by atoms with Crippen molar-refractivity contribution >= 4 is 17.1 Å². The van der Waals surface area contributed by atoms with Gasteiger partial charge in [0, 0.05) is 25.3 Å². The SMILES string of the molecule is O=C(NCc1ccc(CN2CCCC2)cc1)c1cnc2c(c1)ncn2C1CC1. The van der Waals surface area contributed by atoms with Gasteiger partial charge in [0.15, 0.2) is 5.65 Å². The minimum atomic E-state index is -0.114. The fourth-order valence-electron chi connectivity index (χ4n) is 3.91. The van der Waals surface area contributed by atoms with E-state index in [1.54, 1.807) is 6.20 Å². The highest BCUT2D eigenvalue weighted by molar-refractivity contribution is 5.96. The summed E-state index contributed by atoms with van der Waals surface area (Å²) in [6.07, 6.45) is 8.48. The number of benzene rings is 1. The van der Waals surface area contributed by atoms with Gasteiger partial charge in [-0.15, -0.1) is 0 Å². The first kappa shape index (κ1) is 17.4. The first-order valence-electron chi connectivity index (χ1n) is 10.2. The Morgan fingerprint density at radius 3 is 2.57 bits per heavy atom. The Kier molecular flexibility index (Phi) is 4.56. The second-order valence-electron chi connectivity index (χ2n) is 7.93. The predicted octanol–water partition coefficient (Wildman–Crippen LogP) is 3.29. The summed E-state index contributed by atoms with van der Waals surface area (Å²) in [6, 6.07) is 10.9. The summed E-state index contributed by atoms with van der Waals surface area (Å²) >= 11 is 0. The van der Waals surface area contributed by atoms with E-state index in [-0.39, 0.29) is 5.91 Å². The summed E-state index contributed by atoms with van der Waals surface area (Å²) in [4.78, 5) is 23.9. The van der Waals surface area contributed by atoms with Crippen LogP contribution in [0.15, 0.2) is 42.9 Å². The number of hydrogen-bond donors (Lipinski definition) is 1. The van der Waals surface area contributed by atoms with Crippen LogP contribution < -0.4 is 5.32 Å². The van der Waals surface area contributed by atoms with E-state index in [0.29, 0.717) is 18.2 Å². The van der Waals surface area contributed by atoms with Crippen LogP contribution in [0.2, 0.25) is 0 Å². The first-order valence-corrected chi connectivity index (χ1v) is 10.2. The molecule has 2 aliphatic rings. The van der Waals surface area contributed by atoms with Gasteiger partial charge in [0.25, 0.3) is 5.91 Å². The van der Waals surface area contributed by atoms with Gasteiger partial charge in [-0.1, -0.05) is 24.3 Å². The Morgan fingerprint density at radius 2 is 1.82 bits per heavy atom. The van der Waals surface area contributed by atoms with E-state index in [0.717, 1.165) is 23.3 Å². The number of imidazole rings is 1. The number of nitrogens with zero attached hydrogens (tertiary/aromatic N) is 4. The molecule has 1 aliphatic carbocycles. The summed E-state index contributed by atoms with van der Waals surface area (Å²) < 4.78 is 2.11. The Balaban J connectivity index is 1.20. The van der Waals surface area contributed by atoms with Gasteiger partial charge in [0.05, 0.1) is 11.9 Å². The molecule has 0 atom stereocenters. The van der Waals surface area contributed by atoms with Crippen LogP contribution in [0, 0.1) is 0 Å². The molecule has 0 unspecified atom stereocenters. The third kappa shape index (κ3) is 3.64. The molecule has 1 N–H and O–H groups in total. The lowest BCUT2D eigenvalue weighted by atomic mass is 10.1. The van der Waals surface area contributed by atoms with Crippen LogP contribution in [0.3, 0.4) is 0 Å². The van der Waals surface area contributed by atoms with E-state index in [4.69, 9.17) is 0 Å². The average Bonchev–Trinajstić information content (AvgIpc) is 3.27. The zero-order valence-corrected chi connectivity index (χ0v) is 16.0. The molecule has 0 radical (unpaired) electrons. The highest BCUT2D eigenvalue weighted by Gasteiger charge is 2.25. The van der Waals surface area contributed by atoms with Gasteiger partial charge in [-0.05, 0) is 56.0 Å². The second-order valence-corrected chi connectivity index (χ2v) is 7.93. The van der Waals surface area contributed by atoms with Gasteiger partial charge >= 0.3 is 0 Å². The molecule has 5 rings (SSSR count). The molecule has 0 bridgehead atoms. The second kappa shape index (κ2) is 7.36. The van der Waals surface area contributed by atoms with Crippen LogP contribution >= 0.6 is 0 Å². The fourth-order valence-corrected chi connectivity index (χ4v) is 3.91. The summed E-state index contributed by atoms with van der Waals surface area (Å²) in [5, 5.41) is 2.99. The van der Waals surface area contributed by atoms with E-state index in [1.165, 1.54) is 44.3 Å². The van der Waals surface area contributed by atoms with Crippen molar-refractivity contribution in [1.82, 2.24) is 24.8 Å². The molecule has 2 aromatic heterocycles. The monoisotopic (exact) mass is 375 g/mol. The molecule has 6 nitrogen and oxygen atoms in total. The molecule has 2 fully saturated rings. The topological polar surface area (TPSA) is 63.1 Å². The standard InChI is InChI=1S/C22H25N5O/c28-22(18-11-20-21(23-13-18)27(15-25-20)19-7-8-19)24-12-16-3-5-17(6-4-16)14-26-9-1-2-10-26/h3-6,11,13,15,19H,1-2,7-10,12,14H2,(H,24,28). The van der Waals surface area contributed by atoms with Crippen LogP contribution in [0.25, 0.3) is 11.2 Å². The molecule has 1 saturated carbocycles. The molecule has 1 saturated heterocycles. The quantitative estimate of drug-likeness (QED) is 0.718. The maximum Gasteiger partial charge on any atom is 0.253 e. The van der Waals surface area contributed by atoms with Crippen molar-refractivity contribution in [2.24, 2.45) is 0 Å². The van der Waals surface area contributed by atoms with Crippen molar-refractivity contribution in [2.75, 3.05) is 13.1 Å². The number of pyridine rings is 1. The van der Waals surface area contributed by atoms with E-state index in [9.17, 15) is 4.79 Å². The zero-order valence-electron chi connectivity index (χ0n) is 16.0. The predicted molar refractivity (Wildman–Crippen MR) is 108 cm³/mol. The number of hydrogen-bond acceptors (Lipinski definition) is 4. The van der Waals surface area contributed by atoms with Gasteiger partial charge in [0.2, 0.25) is 0 Å². The van der Waals surface area contributed by atoms with Crippen LogP contribution in [-0.4, -0.2) is 38.4 Å². The van der Waals surface area contributed by atoms with Crippen molar-refractivity contribution in [3.05, 3.63) is 59.5 Å². The van der Waals surface area contributed by atoms with E-state index < -0.39 is 0 Å². The van der Waals surface area contributed by atoms with Gasteiger partial charge in [-0.3, -0.25) is 9.69 Å². The Bertz CT molecular complexity index is 984. The molecule has 144 valence electrons. The average molecular weight is 375 g/mol. The smallest absolute Gasteiger partial charge is 0.253 e.